The van der Waals surface area contributed by atoms with Gasteiger partial charge in [0, 0.05) is 5.56 Å². The molecule has 0 aliphatic carbocycles. The maximum Gasteiger partial charge on any atom is 0.338 e. The van der Waals surface area contributed by atoms with E-state index in [2.05, 4.69) is 5.32 Å². The van der Waals surface area contributed by atoms with Crippen molar-refractivity contribution in [2.24, 2.45) is 0 Å². The van der Waals surface area contributed by atoms with Crippen LogP contribution in [-0.4, -0.2) is 31.2 Å². The molecule has 7 heteroatoms. The van der Waals surface area contributed by atoms with E-state index < -0.39 is 6.10 Å². The number of thiophene rings is 1. The highest BCUT2D eigenvalue weighted by Crippen LogP contribution is 2.38. The predicted molar refractivity (Wildman–Crippen MR) is 115 cm³/mol. The highest BCUT2D eigenvalue weighted by Gasteiger charge is 2.28. The van der Waals surface area contributed by atoms with Gasteiger partial charge in [0.25, 0.3) is 5.91 Å². The predicted octanol–water partition coefficient (Wildman–Crippen LogP) is 4.68. The first-order valence-corrected chi connectivity index (χ1v) is 10.5. The third-order valence-corrected chi connectivity index (χ3v) is 5.71. The Balaban J connectivity index is 1.52. The summed E-state index contributed by atoms with van der Waals surface area (Å²) < 4.78 is 16.5. The van der Waals surface area contributed by atoms with Crippen molar-refractivity contribution in [3.63, 3.8) is 0 Å². The lowest BCUT2D eigenvalue weighted by Crippen LogP contribution is -2.40. The minimum absolute atomic E-state index is 0.150. The maximum atomic E-state index is 12.8. The van der Waals surface area contributed by atoms with Crippen molar-refractivity contribution in [2.75, 3.05) is 18.5 Å². The van der Waals surface area contributed by atoms with Crippen LogP contribution in [0.4, 0.5) is 5.00 Å². The van der Waals surface area contributed by atoms with Crippen molar-refractivity contribution in [2.45, 2.75) is 20.0 Å². The fraction of sp³-hybridized carbons (Fsp3) is 0.217. The quantitative estimate of drug-likeness (QED) is 0.603. The number of fused-ring (bicyclic) bond motifs is 1. The molecule has 1 N–H and O–H groups in total. The van der Waals surface area contributed by atoms with E-state index in [1.807, 2.05) is 42.6 Å². The van der Waals surface area contributed by atoms with Gasteiger partial charge in [-0.05, 0) is 54.6 Å². The molecule has 3 aromatic rings. The summed E-state index contributed by atoms with van der Waals surface area (Å²) in [5.74, 6) is 0.571. The molecule has 0 saturated carbocycles. The zero-order valence-electron chi connectivity index (χ0n) is 16.6. The van der Waals surface area contributed by atoms with E-state index in [-0.39, 0.29) is 18.5 Å². The van der Waals surface area contributed by atoms with Crippen LogP contribution >= 0.6 is 11.3 Å². The third-order valence-electron chi connectivity index (χ3n) is 4.70. The first kappa shape index (κ1) is 20.0. The van der Waals surface area contributed by atoms with Crippen LogP contribution < -0.4 is 14.8 Å². The van der Waals surface area contributed by atoms with E-state index in [1.54, 1.807) is 25.1 Å². The molecule has 0 saturated heterocycles. The Labute approximate surface area is 178 Å². The number of carbonyl (C=O) groups excluding carboxylic acids is 2. The molecule has 2 aromatic carbocycles. The number of benzene rings is 2. The molecule has 1 amide bonds. The Morgan fingerprint density at radius 2 is 1.87 bits per heavy atom. The summed E-state index contributed by atoms with van der Waals surface area (Å²) in [4.78, 5) is 24.7. The van der Waals surface area contributed by atoms with Crippen molar-refractivity contribution in [1.82, 2.24) is 0 Å². The molecule has 1 aliphatic rings. The van der Waals surface area contributed by atoms with Gasteiger partial charge in [0.1, 0.15) is 11.6 Å². The lowest BCUT2D eigenvalue weighted by atomic mass is 10.0. The molecule has 1 aromatic heterocycles. The number of ether oxygens (including phenoxy) is 3. The van der Waals surface area contributed by atoms with Crippen molar-refractivity contribution >= 4 is 28.2 Å². The Hall–Kier alpha value is -3.32. The first-order valence-electron chi connectivity index (χ1n) is 9.61. The number of amides is 1. The van der Waals surface area contributed by atoms with Gasteiger partial charge in [-0.1, -0.05) is 24.3 Å². The Morgan fingerprint density at radius 1 is 1.13 bits per heavy atom. The zero-order valence-corrected chi connectivity index (χ0v) is 17.5. The summed E-state index contributed by atoms with van der Waals surface area (Å²) in [6.45, 7) is 4.24. The van der Waals surface area contributed by atoms with Crippen LogP contribution in [0.3, 0.4) is 0 Å². The third kappa shape index (κ3) is 4.02. The van der Waals surface area contributed by atoms with Gasteiger partial charge in [0.15, 0.2) is 11.5 Å². The monoisotopic (exact) mass is 423 g/mol. The minimum atomic E-state index is -0.735. The van der Waals surface area contributed by atoms with Crippen LogP contribution in [0.2, 0.25) is 0 Å². The summed E-state index contributed by atoms with van der Waals surface area (Å²) in [7, 11) is 0. The average Bonchev–Trinajstić information content (AvgIpc) is 3.13. The van der Waals surface area contributed by atoms with Crippen LogP contribution in [0.15, 0.2) is 53.9 Å². The fourth-order valence-corrected chi connectivity index (χ4v) is 4.19. The lowest BCUT2D eigenvalue weighted by Gasteiger charge is -2.25. The van der Waals surface area contributed by atoms with E-state index in [0.717, 1.165) is 21.7 Å². The number of carbonyl (C=O) groups is 2. The average molecular weight is 423 g/mol. The van der Waals surface area contributed by atoms with E-state index >= 15 is 0 Å². The zero-order chi connectivity index (χ0) is 21.1. The number of aryl methyl sites for hydroxylation is 1. The largest absolute Gasteiger partial charge is 0.485 e. The highest BCUT2D eigenvalue weighted by molar-refractivity contribution is 7.15. The van der Waals surface area contributed by atoms with Gasteiger partial charge >= 0.3 is 5.97 Å². The number of anilines is 1. The van der Waals surface area contributed by atoms with Gasteiger partial charge in [-0.3, -0.25) is 4.79 Å². The van der Waals surface area contributed by atoms with Crippen LogP contribution in [-0.2, 0) is 9.53 Å². The van der Waals surface area contributed by atoms with Crippen molar-refractivity contribution in [1.29, 1.82) is 0 Å². The van der Waals surface area contributed by atoms with Gasteiger partial charge in [0.05, 0.1) is 12.2 Å². The summed E-state index contributed by atoms with van der Waals surface area (Å²) in [6.07, 6.45) is -0.735. The smallest absolute Gasteiger partial charge is 0.338 e. The molecule has 1 aliphatic heterocycles. The molecule has 0 fully saturated rings. The number of esters is 1. The van der Waals surface area contributed by atoms with E-state index in [9.17, 15) is 9.59 Å². The fourth-order valence-electron chi connectivity index (χ4n) is 3.22. The molecule has 6 nitrogen and oxygen atoms in total. The van der Waals surface area contributed by atoms with E-state index in [1.165, 1.54) is 11.3 Å². The Morgan fingerprint density at radius 3 is 2.60 bits per heavy atom. The summed E-state index contributed by atoms with van der Waals surface area (Å²) in [5.41, 5.74) is 3.35. The number of nitrogens with one attached hydrogen (secondary N) is 1. The highest BCUT2D eigenvalue weighted by atomic mass is 32.1. The summed E-state index contributed by atoms with van der Waals surface area (Å²) in [5, 5.41) is 5.68. The van der Waals surface area contributed by atoms with E-state index in [4.69, 9.17) is 14.2 Å². The molecule has 1 unspecified atom stereocenters. The second-order valence-corrected chi connectivity index (χ2v) is 7.65. The molecular weight excluding hydrogens is 402 g/mol. The normalized spacial score (nSPS) is 14.8. The molecule has 0 bridgehead atoms. The van der Waals surface area contributed by atoms with Gasteiger partial charge in [0.2, 0.25) is 6.10 Å². The van der Waals surface area contributed by atoms with Crippen molar-refractivity contribution in [3.05, 3.63) is 65.0 Å². The standard InChI is InChI=1S/C23H21NO5S/c1-3-27-23(26)16-10-8-15(9-11-16)20-14(2)13-30-22(20)24-21(25)19-12-28-17-6-4-5-7-18(17)29-19/h4-11,13,19H,3,12H2,1-2H3,(H,24,25). The van der Waals surface area contributed by atoms with Crippen LogP contribution in [0.5, 0.6) is 11.5 Å². The molecular formula is C23H21NO5S. The summed E-state index contributed by atoms with van der Waals surface area (Å²) in [6, 6.07) is 14.4. The minimum Gasteiger partial charge on any atom is -0.485 e. The van der Waals surface area contributed by atoms with E-state index in [0.29, 0.717) is 23.7 Å². The SMILES string of the molecule is CCOC(=O)c1ccc(-c2c(C)csc2NC(=O)C2COc3ccccc3O2)cc1. The lowest BCUT2D eigenvalue weighted by molar-refractivity contribution is -0.125. The van der Waals surface area contributed by atoms with Gasteiger partial charge in [-0.2, -0.15) is 0 Å². The second kappa shape index (κ2) is 8.59. The molecule has 0 spiro atoms. The number of hydrogen-bond acceptors (Lipinski definition) is 6. The maximum absolute atomic E-state index is 12.8. The number of rotatable bonds is 5. The van der Waals surface area contributed by atoms with Crippen molar-refractivity contribution in [3.8, 4) is 22.6 Å². The van der Waals surface area contributed by atoms with Crippen molar-refractivity contribution < 1.29 is 23.8 Å². The molecule has 2 heterocycles. The van der Waals surface area contributed by atoms with Crippen LogP contribution in [0.25, 0.3) is 11.1 Å². The molecule has 1 atom stereocenters. The molecule has 4 rings (SSSR count). The summed E-state index contributed by atoms with van der Waals surface area (Å²) >= 11 is 1.45. The Kier molecular flexibility index (Phi) is 5.72. The van der Waals surface area contributed by atoms with Gasteiger partial charge < -0.3 is 19.5 Å². The van der Waals surface area contributed by atoms with Gasteiger partial charge in [-0.25, -0.2) is 4.79 Å². The van der Waals surface area contributed by atoms with Crippen LogP contribution in [0, 0.1) is 6.92 Å². The molecule has 154 valence electrons. The molecule has 0 radical (unpaired) electrons. The molecule has 30 heavy (non-hydrogen) atoms. The Bertz CT molecular complexity index is 1070. The second-order valence-electron chi connectivity index (χ2n) is 6.77. The number of hydrogen-bond donors (Lipinski definition) is 1. The number of para-hydroxylation sites is 2. The van der Waals surface area contributed by atoms with Crippen LogP contribution in [0.1, 0.15) is 22.8 Å². The first-order chi connectivity index (χ1) is 14.6. The van der Waals surface area contributed by atoms with Gasteiger partial charge in [-0.15, -0.1) is 11.3 Å². The topological polar surface area (TPSA) is 73.9 Å².